The van der Waals surface area contributed by atoms with E-state index in [9.17, 15) is 4.39 Å². The van der Waals surface area contributed by atoms with Gasteiger partial charge in [-0.25, -0.2) is 4.39 Å². The van der Waals surface area contributed by atoms with Crippen LogP contribution in [0, 0.1) is 11.7 Å². The average molecular weight is 290 g/mol. The van der Waals surface area contributed by atoms with E-state index in [1.807, 2.05) is 6.07 Å². The summed E-state index contributed by atoms with van der Waals surface area (Å²) in [6.45, 7) is 2.27. The van der Waals surface area contributed by atoms with Crippen LogP contribution in [-0.2, 0) is 0 Å². The van der Waals surface area contributed by atoms with Gasteiger partial charge in [0.05, 0.1) is 0 Å². The summed E-state index contributed by atoms with van der Waals surface area (Å²) in [6, 6.07) is 7.47. The van der Waals surface area contributed by atoms with Crippen molar-refractivity contribution in [2.75, 3.05) is 13.1 Å². The molecule has 2 aliphatic rings. The van der Waals surface area contributed by atoms with Crippen molar-refractivity contribution in [3.8, 4) is 0 Å². The molecule has 1 aliphatic heterocycles. The Morgan fingerprint density at radius 3 is 2.76 bits per heavy atom. The van der Waals surface area contributed by atoms with Gasteiger partial charge < -0.3 is 10.6 Å². The second kappa shape index (κ2) is 6.89. The molecule has 3 rings (SSSR count). The SMILES string of the molecule is NC(CCN1CCCC1C1CCCC1)c1cccc(F)c1. The Morgan fingerprint density at radius 1 is 1.19 bits per heavy atom. The van der Waals surface area contributed by atoms with Crippen LogP contribution in [0.1, 0.15) is 56.6 Å². The van der Waals surface area contributed by atoms with Gasteiger partial charge in [-0.05, 0) is 62.3 Å². The number of likely N-dealkylation sites (tertiary alicyclic amines) is 1. The number of nitrogens with zero attached hydrogens (tertiary/aromatic N) is 1. The van der Waals surface area contributed by atoms with E-state index in [0.29, 0.717) is 0 Å². The lowest BCUT2D eigenvalue weighted by molar-refractivity contribution is 0.185. The molecule has 1 saturated heterocycles. The summed E-state index contributed by atoms with van der Waals surface area (Å²) >= 11 is 0. The largest absolute Gasteiger partial charge is 0.324 e. The van der Waals surface area contributed by atoms with E-state index in [1.165, 1.54) is 51.1 Å². The van der Waals surface area contributed by atoms with Crippen LogP contribution < -0.4 is 5.73 Å². The summed E-state index contributed by atoms with van der Waals surface area (Å²) in [6.07, 6.45) is 9.27. The maximum absolute atomic E-state index is 13.3. The summed E-state index contributed by atoms with van der Waals surface area (Å²) < 4.78 is 13.3. The summed E-state index contributed by atoms with van der Waals surface area (Å²) in [5, 5.41) is 0. The lowest BCUT2D eigenvalue weighted by atomic mass is 9.95. The predicted octanol–water partition coefficient (Wildman–Crippen LogP) is 3.87. The maximum Gasteiger partial charge on any atom is 0.123 e. The van der Waals surface area contributed by atoms with Gasteiger partial charge in [-0.3, -0.25) is 0 Å². The summed E-state index contributed by atoms with van der Waals surface area (Å²) in [5.74, 6) is 0.728. The van der Waals surface area contributed by atoms with Gasteiger partial charge in [0.2, 0.25) is 0 Å². The van der Waals surface area contributed by atoms with Crippen molar-refractivity contribution < 1.29 is 4.39 Å². The first-order valence-corrected chi connectivity index (χ1v) is 8.49. The molecule has 0 bridgehead atoms. The Balaban J connectivity index is 1.54. The number of benzene rings is 1. The van der Waals surface area contributed by atoms with Gasteiger partial charge >= 0.3 is 0 Å². The highest BCUT2D eigenvalue weighted by Gasteiger charge is 2.32. The molecule has 0 aromatic heterocycles. The van der Waals surface area contributed by atoms with Crippen LogP contribution in [0.3, 0.4) is 0 Å². The van der Waals surface area contributed by atoms with Crippen LogP contribution >= 0.6 is 0 Å². The number of halogens is 1. The minimum absolute atomic E-state index is 0.0504. The molecule has 2 fully saturated rings. The van der Waals surface area contributed by atoms with E-state index in [1.54, 1.807) is 12.1 Å². The molecule has 1 saturated carbocycles. The summed E-state index contributed by atoms with van der Waals surface area (Å²) in [5.41, 5.74) is 7.17. The zero-order valence-corrected chi connectivity index (χ0v) is 12.8. The molecular weight excluding hydrogens is 263 g/mol. The van der Waals surface area contributed by atoms with Crippen LogP contribution in [0.25, 0.3) is 0 Å². The Bertz CT molecular complexity index is 456. The molecule has 0 amide bonds. The third-order valence-corrected chi connectivity index (χ3v) is 5.36. The third-order valence-electron chi connectivity index (χ3n) is 5.36. The monoisotopic (exact) mass is 290 g/mol. The highest BCUT2D eigenvalue weighted by molar-refractivity contribution is 5.19. The molecule has 2 unspecified atom stereocenters. The van der Waals surface area contributed by atoms with Crippen LogP contribution in [-0.4, -0.2) is 24.0 Å². The Labute approximate surface area is 127 Å². The topological polar surface area (TPSA) is 29.3 Å². The highest BCUT2D eigenvalue weighted by atomic mass is 19.1. The van der Waals surface area contributed by atoms with Gasteiger partial charge in [0.25, 0.3) is 0 Å². The lowest BCUT2D eigenvalue weighted by Gasteiger charge is -2.30. The molecule has 2 N–H and O–H groups in total. The molecule has 1 aliphatic carbocycles. The summed E-state index contributed by atoms with van der Waals surface area (Å²) in [7, 11) is 0. The van der Waals surface area contributed by atoms with Gasteiger partial charge in [0.1, 0.15) is 5.82 Å². The molecular formula is C18H27FN2. The molecule has 0 spiro atoms. The molecule has 2 atom stereocenters. The first kappa shape index (κ1) is 15.0. The van der Waals surface area contributed by atoms with Crippen molar-refractivity contribution in [1.82, 2.24) is 4.90 Å². The molecule has 1 aromatic rings. The second-order valence-corrected chi connectivity index (χ2v) is 6.74. The lowest BCUT2D eigenvalue weighted by Crippen LogP contribution is -2.36. The van der Waals surface area contributed by atoms with Crippen molar-refractivity contribution in [2.24, 2.45) is 11.7 Å². The van der Waals surface area contributed by atoms with Crippen LogP contribution in [0.2, 0.25) is 0 Å². The zero-order valence-electron chi connectivity index (χ0n) is 12.8. The number of hydrogen-bond donors (Lipinski definition) is 1. The first-order chi connectivity index (χ1) is 10.2. The Hall–Kier alpha value is -0.930. The molecule has 2 nitrogen and oxygen atoms in total. The zero-order chi connectivity index (χ0) is 14.7. The van der Waals surface area contributed by atoms with E-state index in [-0.39, 0.29) is 11.9 Å². The van der Waals surface area contributed by atoms with Crippen molar-refractivity contribution in [3.05, 3.63) is 35.6 Å². The fraction of sp³-hybridized carbons (Fsp3) is 0.667. The second-order valence-electron chi connectivity index (χ2n) is 6.74. The van der Waals surface area contributed by atoms with Crippen LogP contribution in [0.5, 0.6) is 0 Å². The number of rotatable bonds is 5. The fourth-order valence-corrected chi connectivity index (χ4v) is 4.21. The minimum Gasteiger partial charge on any atom is -0.324 e. The van der Waals surface area contributed by atoms with E-state index >= 15 is 0 Å². The standard InChI is InChI=1S/C18H27FN2/c19-16-8-3-7-15(13-16)17(20)10-12-21-11-4-9-18(21)14-5-1-2-6-14/h3,7-8,13-14,17-18H,1-2,4-6,9-12,20H2. The Morgan fingerprint density at radius 2 is 2.00 bits per heavy atom. The number of nitrogens with two attached hydrogens (primary N) is 1. The van der Waals surface area contributed by atoms with E-state index in [2.05, 4.69) is 4.90 Å². The van der Waals surface area contributed by atoms with Crippen LogP contribution in [0.4, 0.5) is 4.39 Å². The van der Waals surface area contributed by atoms with Gasteiger partial charge in [-0.1, -0.05) is 25.0 Å². The van der Waals surface area contributed by atoms with Crippen molar-refractivity contribution in [1.29, 1.82) is 0 Å². The average Bonchev–Trinajstić information content (AvgIpc) is 3.15. The molecule has 0 radical (unpaired) electrons. The molecule has 3 heteroatoms. The Kier molecular flexibility index (Phi) is 4.91. The molecule has 1 heterocycles. The predicted molar refractivity (Wildman–Crippen MR) is 84.5 cm³/mol. The smallest absolute Gasteiger partial charge is 0.123 e. The van der Waals surface area contributed by atoms with E-state index in [0.717, 1.165) is 30.5 Å². The van der Waals surface area contributed by atoms with Gasteiger partial charge in [0, 0.05) is 18.6 Å². The summed E-state index contributed by atoms with van der Waals surface area (Å²) in [4.78, 5) is 2.65. The van der Waals surface area contributed by atoms with E-state index < -0.39 is 0 Å². The number of hydrogen-bond acceptors (Lipinski definition) is 2. The van der Waals surface area contributed by atoms with Gasteiger partial charge in [-0.15, -0.1) is 0 Å². The van der Waals surface area contributed by atoms with Crippen molar-refractivity contribution >= 4 is 0 Å². The van der Waals surface area contributed by atoms with Crippen molar-refractivity contribution in [2.45, 2.75) is 57.0 Å². The highest BCUT2D eigenvalue weighted by Crippen LogP contribution is 2.35. The van der Waals surface area contributed by atoms with Crippen LogP contribution in [0.15, 0.2) is 24.3 Å². The molecule has 116 valence electrons. The maximum atomic E-state index is 13.3. The van der Waals surface area contributed by atoms with Gasteiger partial charge in [0.15, 0.2) is 0 Å². The molecule has 1 aromatic carbocycles. The van der Waals surface area contributed by atoms with Gasteiger partial charge in [-0.2, -0.15) is 0 Å². The quantitative estimate of drug-likeness (QED) is 0.892. The normalized spacial score (nSPS) is 25.5. The minimum atomic E-state index is -0.187. The van der Waals surface area contributed by atoms with E-state index in [4.69, 9.17) is 5.73 Å². The van der Waals surface area contributed by atoms with Crippen molar-refractivity contribution in [3.63, 3.8) is 0 Å². The fourth-order valence-electron chi connectivity index (χ4n) is 4.21. The third kappa shape index (κ3) is 3.64. The first-order valence-electron chi connectivity index (χ1n) is 8.49. The molecule has 21 heavy (non-hydrogen) atoms.